The fourth-order valence-electron chi connectivity index (χ4n) is 2.12. The van der Waals surface area contributed by atoms with Gasteiger partial charge in [0.2, 0.25) is 5.91 Å². The molecule has 0 aliphatic heterocycles. The quantitative estimate of drug-likeness (QED) is 0.684. The van der Waals surface area contributed by atoms with Crippen LogP contribution in [0.25, 0.3) is 0 Å². The fourth-order valence-corrected chi connectivity index (χ4v) is 2.12. The van der Waals surface area contributed by atoms with Gasteiger partial charge in [-0.25, -0.2) is 0 Å². The Morgan fingerprint density at radius 2 is 2.20 bits per heavy atom. The summed E-state index contributed by atoms with van der Waals surface area (Å²) in [5.74, 6) is 0.0518. The first kappa shape index (κ1) is 12.0. The highest BCUT2D eigenvalue weighted by atomic mass is 16.1. The third kappa shape index (κ3) is 3.88. The molecule has 4 heteroatoms. The van der Waals surface area contributed by atoms with Crippen molar-refractivity contribution in [2.75, 3.05) is 20.1 Å². The first-order chi connectivity index (χ1) is 7.27. The van der Waals surface area contributed by atoms with E-state index in [-0.39, 0.29) is 5.91 Å². The molecule has 1 fully saturated rings. The van der Waals surface area contributed by atoms with Crippen LogP contribution in [0.1, 0.15) is 32.1 Å². The number of nitrogens with one attached hydrogen (secondary N) is 1. The fraction of sp³-hybridized carbons (Fsp3) is 0.818. The molecule has 0 aromatic heterocycles. The van der Waals surface area contributed by atoms with Gasteiger partial charge < -0.3 is 5.32 Å². The Kier molecular flexibility index (Phi) is 5.13. The maximum atomic E-state index is 11.1. The molecular weight excluding hydrogens is 190 g/mol. The zero-order valence-electron chi connectivity index (χ0n) is 9.33. The number of nitrogens with zero attached hydrogens (tertiary/aromatic N) is 2. The molecule has 1 amide bonds. The van der Waals surface area contributed by atoms with Crippen molar-refractivity contribution in [2.45, 2.75) is 38.1 Å². The van der Waals surface area contributed by atoms with E-state index in [9.17, 15) is 4.79 Å². The summed E-state index contributed by atoms with van der Waals surface area (Å²) in [7, 11) is 1.65. The SMILES string of the molecule is CNC(=O)CCN(CC#N)C1CCCC1. The Morgan fingerprint density at radius 3 is 2.73 bits per heavy atom. The minimum Gasteiger partial charge on any atom is -0.359 e. The number of hydrogen-bond donors (Lipinski definition) is 1. The van der Waals surface area contributed by atoms with Crippen LogP contribution in [0.3, 0.4) is 0 Å². The van der Waals surface area contributed by atoms with E-state index < -0.39 is 0 Å². The Hall–Kier alpha value is -1.08. The van der Waals surface area contributed by atoms with E-state index in [4.69, 9.17) is 5.26 Å². The molecule has 15 heavy (non-hydrogen) atoms. The summed E-state index contributed by atoms with van der Waals surface area (Å²) in [6, 6.07) is 2.70. The van der Waals surface area contributed by atoms with Crippen molar-refractivity contribution in [1.29, 1.82) is 5.26 Å². The van der Waals surface area contributed by atoms with Gasteiger partial charge in [0.15, 0.2) is 0 Å². The molecule has 0 atom stereocenters. The zero-order valence-corrected chi connectivity index (χ0v) is 9.33. The van der Waals surface area contributed by atoms with Gasteiger partial charge in [0.1, 0.15) is 0 Å². The van der Waals surface area contributed by atoms with Crippen molar-refractivity contribution in [3.63, 3.8) is 0 Å². The van der Waals surface area contributed by atoms with Gasteiger partial charge in [-0.05, 0) is 12.8 Å². The lowest BCUT2D eigenvalue weighted by atomic mass is 10.2. The van der Waals surface area contributed by atoms with Gasteiger partial charge in [-0.3, -0.25) is 9.69 Å². The lowest BCUT2D eigenvalue weighted by molar-refractivity contribution is -0.121. The predicted molar refractivity (Wildman–Crippen MR) is 58.1 cm³/mol. The number of carbonyl (C=O) groups excluding carboxylic acids is 1. The summed E-state index contributed by atoms with van der Waals surface area (Å²) >= 11 is 0. The topological polar surface area (TPSA) is 56.1 Å². The molecule has 0 radical (unpaired) electrons. The van der Waals surface area contributed by atoms with E-state index >= 15 is 0 Å². The molecule has 0 heterocycles. The molecule has 84 valence electrons. The number of nitriles is 1. The first-order valence-electron chi connectivity index (χ1n) is 5.59. The highest BCUT2D eigenvalue weighted by Gasteiger charge is 2.22. The summed E-state index contributed by atoms with van der Waals surface area (Å²) in [6.45, 7) is 1.15. The third-order valence-electron chi connectivity index (χ3n) is 3.02. The first-order valence-corrected chi connectivity index (χ1v) is 5.59. The van der Waals surface area contributed by atoms with Crippen LogP contribution in [0.15, 0.2) is 0 Å². The molecule has 0 spiro atoms. The third-order valence-corrected chi connectivity index (χ3v) is 3.02. The Morgan fingerprint density at radius 1 is 1.53 bits per heavy atom. The van der Waals surface area contributed by atoms with E-state index in [0.29, 0.717) is 25.6 Å². The van der Waals surface area contributed by atoms with Gasteiger partial charge in [-0.2, -0.15) is 5.26 Å². The highest BCUT2D eigenvalue weighted by Crippen LogP contribution is 2.23. The molecule has 0 saturated heterocycles. The van der Waals surface area contributed by atoms with Crippen molar-refractivity contribution in [1.82, 2.24) is 10.2 Å². The maximum absolute atomic E-state index is 11.1. The molecular formula is C11H19N3O. The van der Waals surface area contributed by atoms with Gasteiger partial charge in [0.25, 0.3) is 0 Å². The molecule has 4 nitrogen and oxygen atoms in total. The average Bonchev–Trinajstić information content (AvgIpc) is 2.76. The summed E-state index contributed by atoms with van der Waals surface area (Å²) in [5.41, 5.74) is 0. The molecule has 0 unspecified atom stereocenters. The largest absolute Gasteiger partial charge is 0.359 e. The minimum absolute atomic E-state index is 0.0518. The summed E-state index contributed by atoms with van der Waals surface area (Å²) in [6.07, 6.45) is 5.36. The zero-order chi connectivity index (χ0) is 11.1. The van der Waals surface area contributed by atoms with Crippen molar-refractivity contribution in [3.8, 4) is 6.07 Å². The molecule has 0 bridgehead atoms. The molecule has 1 rings (SSSR count). The van der Waals surface area contributed by atoms with Crippen LogP contribution in [-0.4, -0.2) is 37.0 Å². The smallest absolute Gasteiger partial charge is 0.221 e. The summed E-state index contributed by atoms with van der Waals surface area (Å²) < 4.78 is 0. The van der Waals surface area contributed by atoms with Crippen LogP contribution >= 0.6 is 0 Å². The van der Waals surface area contributed by atoms with Crippen LogP contribution < -0.4 is 5.32 Å². The number of rotatable bonds is 5. The van der Waals surface area contributed by atoms with Crippen molar-refractivity contribution >= 4 is 5.91 Å². The standard InChI is InChI=1S/C11H19N3O/c1-13-11(15)6-8-14(9-7-12)10-4-2-3-5-10/h10H,2-6,8-9H2,1H3,(H,13,15). The van der Waals surface area contributed by atoms with E-state index in [1.165, 1.54) is 25.7 Å². The van der Waals surface area contributed by atoms with E-state index in [2.05, 4.69) is 16.3 Å². The number of carbonyl (C=O) groups is 1. The lowest BCUT2D eigenvalue weighted by Crippen LogP contribution is -2.36. The maximum Gasteiger partial charge on any atom is 0.221 e. The summed E-state index contributed by atoms with van der Waals surface area (Å²) in [4.78, 5) is 13.3. The van der Waals surface area contributed by atoms with Gasteiger partial charge in [-0.1, -0.05) is 12.8 Å². The molecule has 1 aliphatic rings. The second kappa shape index (κ2) is 6.41. The highest BCUT2D eigenvalue weighted by molar-refractivity contribution is 5.75. The lowest BCUT2D eigenvalue weighted by Gasteiger charge is -2.25. The van der Waals surface area contributed by atoms with Crippen LogP contribution in [0.5, 0.6) is 0 Å². The van der Waals surface area contributed by atoms with Crippen molar-refractivity contribution < 1.29 is 4.79 Å². The van der Waals surface area contributed by atoms with Crippen LogP contribution in [0, 0.1) is 11.3 Å². The van der Waals surface area contributed by atoms with Gasteiger partial charge in [0.05, 0.1) is 12.6 Å². The Balaban J connectivity index is 2.36. The minimum atomic E-state index is 0.0518. The van der Waals surface area contributed by atoms with E-state index in [1.54, 1.807) is 7.05 Å². The van der Waals surface area contributed by atoms with Crippen LogP contribution in [0.2, 0.25) is 0 Å². The van der Waals surface area contributed by atoms with E-state index in [1.807, 2.05) is 0 Å². The molecule has 1 N–H and O–H groups in total. The predicted octanol–water partition coefficient (Wildman–Crippen LogP) is 0.891. The van der Waals surface area contributed by atoms with Gasteiger partial charge in [0, 0.05) is 26.1 Å². The summed E-state index contributed by atoms with van der Waals surface area (Å²) in [5, 5.41) is 11.3. The Labute approximate surface area is 91.2 Å². The average molecular weight is 209 g/mol. The van der Waals surface area contributed by atoms with Gasteiger partial charge in [-0.15, -0.1) is 0 Å². The van der Waals surface area contributed by atoms with Crippen LogP contribution in [-0.2, 0) is 4.79 Å². The number of hydrogen-bond acceptors (Lipinski definition) is 3. The normalized spacial score (nSPS) is 16.6. The van der Waals surface area contributed by atoms with Gasteiger partial charge >= 0.3 is 0 Å². The molecule has 0 aromatic carbocycles. The molecule has 1 aliphatic carbocycles. The second-order valence-corrected chi connectivity index (χ2v) is 3.99. The molecule has 0 aromatic rings. The van der Waals surface area contributed by atoms with Crippen LogP contribution in [0.4, 0.5) is 0 Å². The monoisotopic (exact) mass is 209 g/mol. The second-order valence-electron chi connectivity index (χ2n) is 3.99. The van der Waals surface area contributed by atoms with Crippen molar-refractivity contribution in [3.05, 3.63) is 0 Å². The Bertz CT molecular complexity index is 241. The van der Waals surface area contributed by atoms with Crippen molar-refractivity contribution in [2.24, 2.45) is 0 Å². The number of amides is 1. The van der Waals surface area contributed by atoms with E-state index in [0.717, 1.165) is 0 Å². The molecule has 1 saturated carbocycles.